The quantitative estimate of drug-likeness (QED) is 0.412. The topological polar surface area (TPSA) is 72.7 Å². The van der Waals surface area contributed by atoms with E-state index in [1.165, 1.54) is 11.8 Å². The van der Waals surface area contributed by atoms with Gasteiger partial charge in [-0.3, -0.25) is 9.36 Å². The van der Waals surface area contributed by atoms with Gasteiger partial charge in [-0.2, -0.15) is 0 Å². The highest BCUT2D eigenvalue weighted by Crippen LogP contribution is 2.29. The molecule has 1 saturated heterocycles. The number of aryl methyl sites for hydroxylation is 1. The van der Waals surface area contributed by atoms with Crippen LogP contribution in [0.4, 0.5) is 5.95 Å². The molecule has 4 rings (SSSR count). The SMILES string of the molecule is COCCN(Cc1ccccc1)C(=O)CSc1nnc(N2CCOCC2)n1-c1ccccc1C. The van der Waals surface area contributed by atoms with Crippen LogP contribution >= 0.6 is 11.8 Å². The number of anilines is 1. The Kier molecular flexibility index (Phi) is 8.56. The molecule has 0 unspecified atom stereocenters. The van der Waals surface area contributed by atoms with E-state index in [2.05, 4.69) is 38.7 Å². The van der Waals surface area contributed by atoms with Gasteiger partial charge in [-0.15, -0.1) is 10.2 Å². The van der Waals surface area contributed by atoms with E-state index in [0.29, 0.717) is 38.1 Å². The molecular weight excluding hydrogens is 450 g/mol. The van der Waals surface area contributed by atoms with E-state index in [-0.39, 0.29) is 11.7 Å². The molecule has 0 bridgehead atoms. The molecule has 9 heteroatoms. The van der Waals surface area contributed by atoms with Crippen molar-refractivity contribution in [2.45, 2.75) is 18.6 Å². The number of thioether (sulfide) groups is 1. The van der Waals surface area contributed by atoms with E-state index in [9.17, 15) is 4.79 Å². The van der Waals surface area contributed by atoms with Crippen LogP contribution in [0.15, 0.2) is 59.8 Å². The molecule has 1 aliphatic rings. The minimum atomic E-state index is 0.0400. The van der Waals surface area contributed by atoms with Crippen molar-refractivity contribution in [2.24, 2.45) is 0 Å². The maximum Gasteiger partial charge on any atom is 0.233 e. The molecule has 1 aromatic heterocycles. The highest BCUT2D eigenvalue weighted by atomic mass is 32.2. The number of carbonyl (C=O) groups excluding carboxylic acids is 1. The van der Waals surface area contributed by atoms with Crippen LogP contribution in [0.3, 0.4) is 0 Å². The highest BCUT2D eigenvalue weighted by molar-refractivity contribution is 7.99. The summed E-state index contributed by atoms with van der Waals surface area (Å²) in [6, 6.07) is 18.2. The van der Waals surface area contributed by atoms with Gasteiger partial charge < -0.3 is 19.3 Å². The average Bonchev–Trinajstić information content (AvgIpc) is 3.30. The molecule has 0 spiro atoms. The van der Waals surface area contributed by atoms with Gasteiger partial charge in [0.2, 0.25) is 11.9 Å². The third-order valence-corrected chi connectivity index (χ3v) is 6.64. The lowest BCUT2D eigenvalue weighted by Gasteiger charge is -2.28. The van der Waals surface area contributed by atoms with Crippen molar-refractivity contribution in [2.75, 3.05) is 57.2 Å². The first kappa shape index (κ1) is 24.3. The van der Waals surface area contributed by atoms with E-state index in [1.54, 1.807) is 7.11 Å². The fraction of sp³-hybridized carbons (Fsp3) is 0.400. The molecule has 0 saturated carbocycles. The predicted molar refractivity (Wildman–Crippen MR) is 134 cm³/mol. The molecule has 0 atom stereocenters. The number of ether oxygens (including phenoxy) is 2. The zero-order chi connectivity index (χ0) is 23.8. The lowest BCUT2D eigenvalue weighted by atomic mass is 10.2. The number of carbonyl (C=O) groups is 1. The van der Waals surface area contributed by atoms with Gasteiger partial charge in [0.1, 0.15) is 0 Å². The fourth-order valence-electron chi connectivity index (χ4n) is 3.86. The maximum atomic E-state index is 13.2. The first-order valence-electron chi connectivity index (χ1n) is 11.4. The summed E-state index contributed by atoms with van der Waals surface area (Å²) in [4.78, 5) is 17.2. The van der Waals surface area contributed by atoms with E-state index < -0.39 is 0 Å². The zero-order valence-electron chi connectivity index (χ0n) is 19.7. The van der Waals surface area contributed by atoms with Crippen LogP contribution in [0.5, 0.6) is 0 Å². The van der Waals surface area contributed by atoms with Crippen LogP contribution in [0.2, 0.25) is 0 Å². The molecule has 8 nitrogen and oxygen atoms in total. The molecular formula is C25H31N5O3S. The number of nitrogens with zero attached hydrogens (tertiary/aromatic N) is 5. The second kappa shape index (κ2) is 12.0. The Labute approximate surface area is 204 Å². The Morgan fingerprint density at radius 3 is 2.56 bits per heavy atom. The average molecular weight is 482 g/mol. The van der Waals surface area contributed by atoms with Gasteiger partial charge in [-0.25, -0.2) is 0 Å². The molecule has 180 valence electrons. The van der Waals surface area contributed by atoms with Crippen molar-refractivity contribution in [3.63, 3.8) is 0 Å². The fourth-order valence-corrected chi connectivity index (χ4v) is 4.71. The summed E-state index contributed by atoms with van der Waals surface area (Å²) in [5.41, 5.74) is 3.23. The second-order valence-corrected chi connectivity index (χ2v) is 9.03. The first-order valence-corrected chi connectivity index (χ1v) is 12.4. The van der Waals surface area contributed by atoms with Gasteiger partial charge in [0, 0.05) is 33.3 Å². The number of para-hydroxylation sites is 1. The molecule has 0 radical (unpaired) electrons. The predicted octanol–water partition coefficient (Wildman–Crippen LogP) is 3.18. The van der Waals surface area contributed by atoms with Crippen LogP contribution in [0, 0.1) is 6.92 Å². The third kappa shape index (κ3) is 5.97. The van der Waals surface area contributed by atoms with Gasteiger partial charge in [-0.05, 0) is 24.1 Å². The van der Waals surface area contributed by atoms with Crippen molar-refractivity contribution in [1.82, 2.24) is 19.7 Å². The van der Waals surface area contributed by atoms with E-state index >= 15 is 0 Å². The highest BCUT2D eigenvalue weighted by Gasteiger charge is 2.24. The lowest BCUT2D eigenvalue weighted by molar-refractivity contribution is -0.129. The Morgan fingerprint density at radius 2 is 1.82 bits per heavy atom. The number of hydrogen-bond acceptors (Lipinski definition) is 7. The molecule has 2 heterocycles. The molecule has 1 aliphatic heterocycles. The largest absolute Gasteiger partial charge is 0.383 e. The van der Waals surface area contributed by atoms with Gasteiger partial charge >= 0.3 is 0 Å². The number of benzene rings is 2. The van der Waals surface area contributed by atoms with Crippen molar-refractivity contribution in [1.29, 1.82) is 0 Å². The van der Waals surface area contributed by atoms with E-state index in [0.717, 1.165) is 35.9 Å². The Morgan fingerprint density at radius 1 is 1.09 bits per heavy atom. The first-order chi connectivity index (χ1) is 16.7. The van der Waals surface area contributed by atoms with E-state index in [1.807, 2.05) is 47.4 Å². The summed E-state index contributed by atoms with van der Waals surface area (Å²) >= 11 is 1.42. The maximum absolute atomic E-state index is 13.2. The summed E-state index contributed by atoms with van der Waals surface area (Å²) in [6.07, 6.45) is 0. The molecule has 3 aromatic rings. The van der Waals surface area contributed by atoms with Crippen LogP contribution in [0.25, 0.3) is 5.69 Å². The van der Waals surface area contributed by atoms with Crippen molar-refractivity contribution in [3.05, 3.63) is 65.7 Å². The molecule has 0 aliphatic carbocycles. The number of methoxy groups -OCH3 is 1. The smallest absolute Gasteiger partial charge is 0.233 e. The zero-order valence-corrected chi connectivity index (χ0v) is 20.5. The molecule has 0 N–H and O–H groups in total. The molecule has 1 fully saturated rings. The minimum absolute atomic E-state index is 0.0400. The molecule has 1 amide bonds. The minimum Gasteiger partial charge on any atom is -0.383 e. The standard InChI is InChI=1S/C25H31N5O3S/c1-20-8-6-7-11-22(20)30-24(28-13-16-33-17-14-28)26-27-25(30)34-19-23(31)29(12-15-32-2)18-21-9-4-3-5-10-21/h3-11H,12-19H2,1-2H3. The van der Waals surface area contributed by atoms with Crippen LogP contribution in [-0.2, 0) is 20.8 Å². The van der Waals surface area contributed by atoms with Crippen LogP contribution in [-0.4, -0.2) is 77.9 Å². The summed E-state index contributed by atoms with van der Waals surface area (Å²) in [5.74, 6) is 1.09. The van der Waals surface area contributed by atoms with E-state index in [4.69, 9.17) is 9.47 Å². The molecule has 2 aromatic carbocycles. The van der Waals surface area contributed by atoms with Crippen molar-refractivity contribution in [3.8, 4) is 5.69 Å². The van der Waals surface area contributed by atoms with Gasteiger partial charge in [-0.1, -0.05) is 60.3 Å². The summed E-state index contributed by atoms with van der Waals surface area (Å²) in [7, 11) is 1.65. The normalized spacial score (nSPS) is 13.8. The Bertz CT molecular complexity index is 1070. The summed E-state index contributed by atoms with van der Waals surface area (Å²) < 4.78 is 12.8. The van der Waals surface area contributed by atoms with Crippen molar-refractivity contribution < 1.29 is 14.3 Å². The van der Waals surface area contributed by atoms with Gasteiger partial charge in [0.25, 0.3) is 0 Å². The monoisotopic (exact) mass is 481 g/mol. The Hall–Kier alpha value is -2.88. The number of rotatable bonds is 10. The number of amides is 1. The summed E-state index contributed by atoms with van der Waals surface area (Å²) in [6.45, 7) is 6.49. The number of morpholine rings is 1. The molecule has 34 heavy (non-hydrogen) atoms. The van der Waals surface area contributed by atoms with Gasteiger partial charge in [0.05, 0.1) is 31.3 Å². The second-order valence-electron chi connectivity index (χ2n) is 8.09. The Balaban J connectivity index is 1.54. The van der Waals surface area contributed by atoms with Crippen LogP contribution in [0.1, 0.15) is 11.1 Å². The third-order valence-electron chi connectivity index (χ3n) is 5.73. The van der Waals surface area contributed by atoms with Gasteiger partial charge in [0.15, 0.2) is 5.16 Å². The summed E-state index contributed by atoms with van der Waals surface area (Å²) in [5, 5.41) is 9.70. The number of aromatic nitrogens is 3. The lowest BCUT2D eigenvalue weighted by Crippen LogP contribution is -2.38. The number of hydrogen-bond donors (Lipinski definition) is 0. The van der Waals surface area contributed by atoms with Crippen LogP contribution < -0.4 is 4.90 Å². The van der Waals surface area contributed by atoms with Crippen molar-refractivity contribution >= 4 is 23.6 Å².